The first kappa shape index (κ1) is 14.6. The molecule has 0 fully saturated rings. The molecule has 0 spiro atoms. The summed E-state index contributed by atoms with van der Waals surface area (Å²) in [5, 5.41) is 10.0. The number of hydrogen-bond acceptors (Lipinski definition) is 6. The average molecular weight is 312 g/mol. The summed E-state index contributed by atoms with van der Waals surface area (Å²) in [5.41, 5.74) is 0.456. The Kier molecular flexibility index (Phi) is 3.72. The van der Waals surface area contributed by atoms with Crippen molar-refractivity contribution in [3.8, 4) is 22.8 Å². The van der Waals surface area contributed by atoms with Crippen LogP contribution in [0.15, 0.2) is 57.7 Å². The van der Waals surface area contributed by atoms with Gasteiger partial charge in [-0.15, -0.1) is 0 Å². The smallest absolute Gasteiger partial charge is 0.352 e. The zero-order valence-electron chi connectivity index (χ0n) is 12.1. The van der Waals surface area contributed by atoms with Crippen LogP contribution in [0.25, 0.3) is 22.3 Å². The molecule has 0 saturated heterocycles. The topological polar surface area (TPSA) is 86.0 Å². The number of rotatable bonds is 3. The maximum Gasteiger partial charge on any atom is 0.352 e. The number of benzene rings is 2. The van der Waals surface area contributed by atoms with Crippen molar-refractivity contribution in [3.05, 3.63) is 58.8 Å². The minimum absolute atomic E-state index is 0.0276. The summed E-state index contributed by atoms with van der Waals surface area (Å²) in [6, 6.07) is 12.9. The lowest BCUT2D eigenvalue weighted by atomic mass is 10.1. The van der Waals surface area contributed by atoms with Crippen LogP contribution in [0.2, 0.25) is 0 Å². The zero-order valence-corrected chi connectivity index (χ0v) is 12.1. The van der Waals surface area contributed by atoms with Gasteiger partial charge in [0.1, 0.15) is 22.5 Å². The van der Waals surface area contributed by atoms with E-state index < -0.39 is 5.97 Å². The molecule has 2 aromatic carbocycles. The molecule has 0 radical (unpaired) electrons. The number of hydrogen-bond donors (Lipinski definition) is 1. The van der Waals surface area contributed by atoms with Gasteiger partial charge in [0.05, 0.1) is 0 Å². The molecule has 0 aliphatic carbocycles. The van der Waals surface area contributed by atoms with Gasteiger partial charge in [0.25, 0.3) is 0 Å². The number of phenols is 1. The third kappa shape index (κ3) is 3.01. The van der Waals surface area contributed by atoms with E-state index in [4.69, 9.17) is 9.30 Å². The molecule has 1 N–H and O–H groups in total. The highest BCUT2D eigenvalue weighted by Crippen LogP contribution is 2.31. The second-order valence-corrected chi connectivity index (χ2v) is 4.81. The van der Waals surface area contributed by atoms with Crippen LogP contribution in [-0.2, 0) is 9.68 Å². The van der Waals surface area contributed by atoms with Crippen molar-refractivity contribution in [1.82, 2.24) is 0 Å². The minimum atomic E-state index is -0.649. The fraction of sp³-hybridized carbons (Fsp3) is 0.0588. The van der Waals surface area contributed by atoms with Crippen molar-refractivity contribution in [2.24, 2.45) is 0 Å². The highest BCUT2D eigenvalue weighted by Gasteiger charge is 2.13. The second-order valence-electron chi connectivity index (χ2n) is 4.81. The van der Waals surface area contributed by atoms with Gasteiger partial charge in [0.2, 0.25) is 0 Å². The lowest BCUT2D eigenvalue weighted by Gasteiger charge is -2.07. The Morgan fingerprint density at radius 2 is 1.87 bits per heavy atom. The quantitative estimate of drug-likeness (QED) is 0.591. The molecule has 0 bridgehead atoms. The normalized spacial score (nSPS) is 10.5. The Morgan fingerprint density at radius 3 is 2.57 bits per heavy atom. The Morgan fingerprint density at radius 1 is 1.13 bits per heavy atom. The van der Waals surface area contributed by atoms with E-state index in [-0.39, 0.29) is 27.9 Å². The fourth-order valence-corrected chi connectivity index (χ4v) is 2.14. The summed E-state index contributed by atoms with van der Waals surface area (Å²) in [4.78, 5) is 32.2. The molecule has 0 aliphatic rings. The van der Waals surface area contributed by atoms with Crippen LogP contribution in [0, 0.1) is 0 Å². The molecule has 6 nitrogen and oxygen atoms in total. The van der Waals surface area contributed by atoms with Crippen molar-refractivity contribution >= 4 is 16.9 Å². The molecule has 0 atom stereocenters. The molecule has 0 amide bonds. The fourth-order valence-electron chi connectivity index (χ4n) is 2.14. The van der Waals surface area contributed by atoms with Gasteiger partial charge in [-0.25, -0.2) is 4.79 Å². The van der Waals surface area contributed by atoms with Crippen LogP contribution in [0.5, 0.6) is 11.5 Å². The number of phenolic OH excluding ortho intramolecular Hbond substituents is 1. The molecule has 3 rings (SSSR count). The first-order valence-corrected chi connectivity index (χ1v) is 6.76. The zero-order chi connectivity index (χ0) is 16.4. The lowest BCUT2D eigenvalue weighted by molar-refractivity contribution is -0.210. The van der Waals surface area contributed by atoms with E-state index in [1.54, 1.807) is 12.1 Å². The Hall–Kier alpha value is -3.28. The van der Waals surface area contributed by atoms with Gasteiger partial charge in [-0.2, -0.15) is 0 Å². The van der Waals surface area contributed by atoms with Crippen molar-refractivity contribution in [3.63, 3.8) is 0 Å². The van der Waals surface area contributed by atoms with Gasteiger partial charge in [0.15, 0.2) is 11.2 Å². The van der Waals surface area contributed by atoms with Crippen molar-refractivity contribution in [2.45, 2.75) is 6.92 Å². The van der Waals surface area contributed by atoms with E-state index in [1.807, 2.05) is 18.2 Å². The van der Waals surface area contributed by atoms with Crippen LogP contribution < -0.4 is 10.3 Å². The van der Waals surface area contributed by atoms with E-state index in [2.05, 4.69) is 4.89 Å². The molecular formula is C17H12O6. The van der Waals surface area contributed by atoms with E-state index in [0.717, 1.165) is 5.56 Å². The standard InChI is InChI=1S/C17H12O6/c1-10(18)22-23-12-7-13(19)17-14(20)9-15(21-16(17)8-12)11-5-3-2-4-6-11/h2-9,19H,1H3. The number of aromatic hydroxyl groups is 1. The highest BCUT2D eigenvalue weighted by molar-refractivity contribution is 5.86. The summed E-state index contributed by atoms with van der Waals surface area (Å²) >= 11 is 0. The van der Waals surface area contributed by atoms with Crippen LogP contribution in [0.4, 0.5) is 0 Å². The SMILES string of the molecule is CC(=O)OOc1cc(O)c2c(=O)cc(-c3ccccc3)oc2c1. The molecule has 0 unspecified atom stereocenters. The predicted octanol–water partition coefficient (Wildman–Crippen LogP) is 3.02. The molecular weight excluding hydrogens is 300 g/mol. The Labute approximate surface area is 130 Å². The average Bonchev–Trinajstić information content (AvgIpc) is 2.53. The van der Waals surface area contributed by atoms with E-state index in [1.165, 1.54) is 25.1 Å². The highest BCUT2D eigenvalue weighted by atomic mass is 17.2. The van der Waals surface area contributed by atoms with Crippen LogP contribution in [0.3, 0.4) is 0 Å². The van der Waals surface area contributed by atoms with Gasteiger partial charge in [0, 0.05) is 30.7 Å². The third-order valence-corrected chi connectivity index (χ3v) is 3.10. The van der Waals surface area contributed by atoms with Gasteiger partial charge >= 0.3 is 5.97 Å². The summed E-state index contributed by atoms with van der Waals surface area (Å²) in [6.07, 6.45) is 0. The minimum Gasteiger partial charge on any atom is -0.507 e. The molecule has 0 aliphatic heterocycles. The Balaban J connectivity index is 2.14. The molecule has 23 heavy (non-hydrogen) atoms. The molecule has 0 saturated carbocycles. The number of fused-ring (bicyclic) bond motifs is 1. The van der Waals surface area contributed by atoms with Gasteiger partial charge in [-0.3, -0.25) is 14.6 Å². The molecule has 1 aromatic heterocycles. The van der Waals surface area contributed by atoms with Crippen molar-refractivity contribution in [1.29, 1.82) is 0 Å². The third-order valence-electron chi connectivity index (χ3n) is 3.10. The number of carbonyl (C=O) groups excluding carboxylic acids is 1. The molecule has 1 heterocycles. The first-order valence-electron chi connectivity index (χ1n) is 6.76. The summed E-state index contributed by atoms with van der Waals surface area (Å²) < 4.78 is 5.68. The van der Waals surface area contributed by atoms with Gasteiger partial charge < -0.3 is 9.52 Å². The summed E-state index contributed by atoms with van der Waals surface area (Å²) in [7, 11) is 0. The number of carbonyl (C=O) groups is 1. The van der Waals surface area contributed by atoms with Crippen molar-refractivity contribution in [2.75, 3.05) is 0 Å². The van der Waals surface area contributed by atoms with Crippen molar-refractivity contribution < 1.29 is 24.1 Å². The lowest BCUT2D eigenvalue weighted by Crippen LogP contribution is -2.04. The van der Waals surface area contributed by atoms with E-state index >= 15 is 0 Å². The van der Waals surface area contributed by atoms with Gasteiger partial charge in [-0.1, -0.05) is 30.3 Å². The maximum absolute atomic E-state index is 12.2. The largest absolute Gasteiger partial charge is 0.507 e. The first-order chi connectivity index (χ1) is 11.0. The summed E-state index contributed by atoms with van der Waals surface area (Å²) in [6.45, 7) is 1.18. The second kappa shape index (κ2) is 5.84. The van der Waals surface area contributed by atoms with Crippen LogP contribution in [0.1, 0.15) is 6.92 Å². The molecule has 3 aromatic rings. The Bertz CT molecular complexity index is 927. The molecule has 116 valence electrons. The molecule has 6 heteroatoms. The maximum atomic E-state index is 12.2. The monoisotopic (exact) mass is 312 g/mol. The van der Waals surface area contributed by atoms with Crippen LogP contribution >= 0.6 is 0 Å². The van der Waals surface area contributed by atoms with Crippen LogP contribution in [-0.4, -0.2) is 11.1 Å². The predicted molar refractivity (Wildman–Crippen MR) is 82.0 cm³/mol. The van der Waals surface area contributed by atoms with E-state index in [0.29, 0.717) is 5.76 Å². The summed E-state index contributed by atoms with van der Waals surface area (Å²) in [5.74, 6) is -0.576. The van der Waals surface area contributed by atoms with E-state index in [9.17, 15) is 14.7 Å². The van der Waals surface area contributed by atoms with Gasteiger partial charge in [-0.05, 0) is 0 Å².